The Hall–Kier alpha value is -2.89. The van der Waals surface area contributed by atoms with Crippen LogP contribution in [0.25, 0.3) is 10.9 Å². The third-order valence-corrected chi connectivity index (χ3v) is 4.05. The van der Waals surface area contributed by atoms with E-state index in [4.69, 9.17) is 4.52 Å². The Morgan fingerprint density at radius 3 is 2.62 bits per heavy atom. The number of carbonyl (C=O) groups excluding carboxylic acids is 1. The first-order valence-corrected chi connectivity index (χ1v) is 7.79. The number of aromatic nitrogens is 2. The van der Waals surface area contributed by atoms with Crippen molar-refractivity contribution >= 4 is 22.6 Å². The number of anilines is 1. The topological polar surface area (TPSA) is 88.0 Å². The standard InChI is InChI=1S/C18H19N3O3/c1-10-6-14-9-13(18(23)19-15(14)7-11(10)2)4-5-17(22)20-16-8-12(3)24-21-16/h6-9H,4-5H2,1-3H3,(H,19,23)(H,20,21,22). The van der Waals surface area contributed by atoms with Crippen LogP contribution >= 0.6 is 0 Å². The van der Waals surface area contributed by atoms with Crippen LogP contribution in [0.1, 0.15) is 28.9 Å². The summed E-state index contributed by atoms with van der Waals surface area (Å²) in [5.74, 6) is 0.806. The molecule has 3 aromatic rings. The summed E-state index contributed by atoms with van der Waals surface area (Å²) in [6, 6.07) is 7.51. The lowest BCUT2D eigenvalue weighted by molar-refractivity contribution is -0.116. The van der Waals surface area contributed by atoms with Crippen LogP contribution in [0, 0.1) is 20.8 Å². The van der Waals surface area contributed by atoms with E-state index in [1.165, 1.54) is 5.56 Å². The van der Waals surface area contributed by atoms with Crippen molar-refractivity contribution in [1.29, 1.82) is 0 Å². The minimum absolute atomic E-state index is 0.157. The molecular formula is C18H19N3O3. The van der Waals surface area contributed by atoms with E-state index in [-0.39, 0.29) is 17.9 Å². The number of hydrogen-bond acceptors (Lipinski definition) is 4. The molecule has 0 aliphatic rings. The third-order valence-electron chi connectivity index (χ3n) is 4.05. The van der Waals surface area contributed by atoms with Crippen LogP contribution in [0.3, 0.4) is 0 Å². The molecule has 0 spiro atoms. The largest absolute Gasteiger partial charge is 0.360 e. The summed E-state index contributed by atoms with van der Waals surface area (Å²) >= 11 is 0. The molecule has 2 N–H and O–H groups in total. The number of fused-ring (bicyclic) bond motifs is 1. The highest BCUT2D eigenvalue weighted by atomic mass is 16.5. The van der Waals surface area contributed by atoms with Gasteiger partial charge < -0.3 is 14.8 Å². The van der Waals surface area contributed by atoms with Gasteiger partial charge in [-0.05, 0) is 61.9 Å². The Labute approximate surface area is 138 Å². The van der Waals surface area contributed by atoms with Gasteiger partial charge in [-0.2, -0.15) is 0 Å². The quantitative estimate of drug-likeness (QED) is 0.772. The van der Waals surface area contributed by atoms with Gasteiger partial charge in [0.1, 0.15) is 5.76 Å². The van der Waals surface area contributed by atoms with E-state index >= 15 is 0 Å². The van der Waals surface area contributed by atoms with Gasteiger partial charge in [0.2, 0.25) is 5.91 Å². The fourth-order valence-electron chi connectivity index (χ4n) is 2.59. The van der Waals surface area contributed by atoms with Crippen molar-refractivity contribution in [2.45, 2.75) is 33.6 Å². The molecule has 0 saturated heterocycles. The van der Waals surface area contributed by atoms with Crippen LogP contribution in [-0.4, -0.2) is 16.0 Å². The summed E-state index contributed by atoms with van der Waals surface area (Å²) in [4.78, 5) is 27.0. The first-order chi connectivity index (χ1) is 11.4. The lowest BCUT2D eigenvalue weighted by atomic mass is 10.0. The molecule has 1 aromatic carbocycles. The van der Waals surface area contributed by atoms with Crippen LogP contribution < -0.4 is 10.9 Å². The van der Waals surface area contributed by atoms with Gasteiger partial charge in [0, 0.05) is 23.6 Å². The zero-order valence-corrected chi connectivity index (χ0v) is 13.9. The molecule has 0 radical (unpaired) electrons. The molecule has 0 bridgehead atoms. The predicted molar refractivity (Wildman–Crippen MR) is 92.2 cm³/mol. The van der Waals surface area contributed by atoms with Crippen molar-refractivity contribution in [1.82, 2.24) is 10.1 Å². The Bertz CT molecular complexity index is 969. The van der Waals surface area contributed by atoms with Gasteiger partial charge in [-0.25, -0.2) is 0 Å². The summed E-state index contributed by atoms with van der Waals surface area (Å²) in [5, 5.41) is 7.33. The molecule has 2 aromatic heterocycles. The summed E-state index contributed by atoms with van der Waals surface area (Å²) < 4.78 is 4.90. The number of amides is 1. The first-order valence-electron chi connectivity index (χ1n) is 7.79. The van der Waals surface area contributed by atoms with Crippen LogP contribution in [0.15, 0.2) is 33.6 Å². The van der Waals surface area contributed by atoms with E-state index in [1.807, 2.05) is 32.0 Å². The third kappa shape index (κ3) is 3.37. The second kappa shape index (κ2) is 6.31. The van der Waals surface area contributed by atoms with Gasteiger partial charge in [-0.3, -0.25) is 9.59 Å². The van der Waals surface area contributed by atoms with E-state index in [2.05, 4.69) is 15.5 Å². The molecule has 0 fully saturated rings. The highest BCUT2D eigenvalue weighted by Gasteiger charge is 2.09. The Morgan fingerprint density at radius 1 is 1.17 bits per heavy atom. The number of H-pyrrole nitrogens is 1. The maximum absolute atomic E-state index is 12.2. The average molecular weight is 325 g/mol. The molecule has 3 rings (SSSR count). The second-order valence-electron chi connectivity index (χ2n) is 6.02. The maximum atomic E-state index is 12.2. The van der Waals surface area contributed by atoms with Crippen LogP contribution in [0.2, 0.25) is 0 Å². The SMILES string of the molecule is Cc1cc(NC(=O)CCc2cc3cc(C)c(C)cc3[nH]c2=O)no1. The molecule has 6 heteroatoms. The molecule has 1 amide bonds. The molecule has 124 valence electrons. The lowest BCUT2D eigenvalue weighted by Gasteiger charge is -2.06. The van der Waals surface area contributed by atoms with Crippen molar-refractivity contribution in [2.75, 3.05) is 5.32 Å². The number of hydrogen-bond donors (Lipinski definition) is 2. The normalized spacial score (nSPS) is 11.0. The summed E-state index contributed by atoms with van der Waals surface area (Å²) in [6.45, 7) is 5.80. The average Bonchev–Trinajstić information content (AvgIpc) is 2.92. The number of benzene rings is 1. The minimum Gasteiger partial charge on any atom is -0.360 e. The van der Waals surface area contributed by atoms with Gasteiger partial charge >= 0.3 is 0 Å². The zero-order chi connectivity index (χ0) is 17.3. The van der Waals surface area contributed by atoms with Gasteiger partial charge in [0.15, 0.2) is 5.82 Å². The van der Waals surface area contributed by atoms with Crippen LogP contribution in [-0.2, 0) is 11.2 Å². The monoisotopic (exact) mass is 325 g/mol. The highest BCUT2D eigenvalue weighted by molar-refractivity contribution is 5.90. The maximum Gasteiger partial charge on any atom is 0.251 e. The number of carbonyl (C=O) groups is 1. The van der Waals surface area contributed by atoms with E-state index in [9.17, 15) is 9.59 Å². The molecule has 2 heterocycles. The Kier molecular flexibility index (Phi) is 4.20. The van der Waals surface area contributed by atoms with Gasteiger partial charge in [-0.15, -0.1) is 0 Å². The number of pyridine rings is 1. The Balaban J connectivity index is 1.75. The number of rotatable bonds is 4. The van der Waals surface area contributed by atoms with Crippen molar-refractivity contribution in [3.63, 3.8) is 0 Å². The van der Waals surface area contributed by atoms with E-state index < -0.39 is 0 Å². The number of nitrogens with one attached hydrogen (secondary N) is 2. The summed E-state index contributed by atoms with van der Waals surface area (Å²) in [5.41, 5.74) is 3.55. The molecule has 0 aliphatic carbocycles. The van der Waals surface area contributed by atoms with E-state index in [1.54, 1.807) is 13.0 Å². The second-order valence-corrected chi connectivity index (χ2v) is 6.02. The van der Waals surface area contributed by atoms with Crippen molar-refractivity contribution in [2.24, 2.45) is 0 Å². The minimum atomic E-state index is -0.206. The molecule has 0 atom stereocenters. The molecular weight excluding hydrogens is 306 g/mol. The summed E-state index contributed by atoms with van der Waals surface area (Å²) in [6.07, 6.45) is 0.562. The van der Waals surface area contributed by atoms with Crippen LogP contribution in [0.5, 0.6) is 0 Å². The zero-order valence-electron chi connectivity index (χ0n) is 13.9. The number of aryl methyl sites for hydroxylation is 4. The van der Waals surface area contributed by atoms with Crippen LogP contribution in [0.4, 0.5) is 5.82 Å². The first kappa shape index (κ1) is 16.0. The molecule has 0 unspecified atom stereocenters. The fourth-order valence-corrected chi connectivity index (χ4v) is 2.59. The number of aromatic amines is 1. The van der Waals surface area contributed by atoms with Gasteiger partial charge in [0.05, 0.1) is 0 Å². The van der Waals surface area contributed by atoms with Gasteiger partial charge in [0.25, 0.3) is 5.56 Å². The Morgan fingerprint density at radius 2 is 1.92 bits per heavy atom. The van der Waals surface area contributed by atoms with Crippen molar-refractivity contribution in [3.8, 4) is 0 Å². The van der Waals surface area contributed by atoms with Gasteiger partial charge in [-0.1, -0.05) is 5.16 Å². The fraction of sp³-hybridized carbons (Fsp3) is 0.278. The van der Waals surface area contributed by atoms with Crippen molar-refractivity contribution < 1.29 is 9.32 Å². The predicted octanol–water partition coefficient (Wildman–Crippen LogP) is 3.01. The molecule has 0 aliphatic heterocycles. The summed E-state index contributed by atoms with van der Waals surface area (Å²) in [7, 11) is 0. The number of nitrogens with zero attached hydrogens (tertiary/aromatic N) is 1. The van der Waals surface area contributed by atoms with Crippen molar-refractivity contribution in [3.05, 3.63) is 57.1 Å². The molecule has 24 heavy (non-hydrogen) atoms. The smallest absolute Gasteiger partial charge is 0.251 e. The molecule has 6 nitrogen and oxygen atoms in total. The lowest BCUT2D eigenvalue weighted by Crippen LogP contribution is -2.17. The van der Waals surface area contributed by atoms with E-state index in [0.29, 0.717) is 23.6 Å². The molecule has 0 saturated carbocycles. The highest BCUT2D eigenvalue weighted by Crippen LogP contribution is 2.17. The van der Waals surface area contributed by atoms with E-state index in [0.717, 1.165) is 16.5 Å².